The van der Waals surface area contributed by atoms with Gasteiger partial charge < -0.3 is 0 Å². The van der Waals surface area contributed by atoms with Crippen molar-refractivity contribution in [3.63, 3.8) is 0 Å². The zero-order valence-electron chi connectivity index (χ0n) is 13.3. The molecule has 0 bridgehead atoms. The summed E-state index contributed by atoms with van der Waals surface area (Å²) in [4.78, 5) is 12.2. The largest absolute Gasteiger partial charge is 0.347 e. The molecule has 1 aliphatic heterocycles. The van der Waals surface area contributed by atoms with Crippen LogP contribution in [0.15, 0.2) is 35.1 Å². The van der Waals surface area contributed by atoms with Gasteiger partial charge in [-0.1, -0.05) is 18.2 Å². The van der Waals surface area contributed by atoms with E-state index in [-0.39, 0.29) is 16.9 Å². The zero-order valence-corrected chi connectivity index (χ0v) is 14.1. The van der Waals surface area contributed by atoms with Crippen molar-refractivity contribution in [2.24, 2.45) is 0 Å². The highest BCUT2D eigenvalue weighted by Gasteiger charge is 2.42. The fraction of sp³-hybridized carbons (Fsp3) is 0.500. The van der Waals surface area contributed by atoms with Gasteiger partial charge in [-0.15, -0.1) is 0 Å². The van der Waals surface area contributed by atoms with Crippen LogP contribution in [-0.2, 0) is 10.0 Å². The summed E-state index contributed by atoms with van der Waals surface area (Å²) in [6.45, 7) is 0.964. The molecule has 2 heterocycles. The topological polar surface area (TPSA) is 88.1 Å². The van der Waals surface area contributed by atoms with Crippen LogP contribution in [0, 0.1) is 0 Å². The summed E-state index contributed by atoms with van der Waals surface area (Å²) in [5.41, 5.74) is 0.451. The van der Waals surface area contributed by atoms with E-state index in [1.165, 1.54) is 0 Å². The first-order chi connectivity index (χ1) is 11.6. The first-order valence-electron chi connectivity index (χ1n) is 8.29. The van der Waals surface area contributed by atoms with Crippen LogP contribution >= 0.6 is 0 Å². The van der Waals surface area contributed by atoms with Crippen molar-refractivity contribution in [2.45, 2.75) is 36.9 Å². The highest BCUT2D eigenvalue weighted by atomic mass is 32.2. The van der Waals surface area contributed by atoms with E-state index in [4.69, 9.17) is 0 Å². The van der Waals surface area contributed by atoms with Crippen molar-refractivity contribution in [3.8, 4) is 5.69 Å². The van der Waals surface area contributed by atoms with Crippen LogP contribution in [0.4, 0.5) is 0 Å². The Bertz CT molecular complexity index is 884. The van der Waals surface area contributed by atoms with Gasteiger partial charge in [0.2, 0.25) is 10.0 Å². The summed E-state index contributed by atoms with van der Waals surface area (Å²) < 4.78 is 28.2. The second-order valence-corrected chi connectivity index (χ2v) is 8.71. The smallest absolute Gasteiger partial charge is 0.247 e. The zero-order chi connectivity index (χ0) is 16.7. The number of aromatic nitrogens is 3. The van der Waals surface area contributed by atoms with Crippen molar-refractivity contribution in [2.75, 3.05) is 13.1 Å². The maximum Gasteiger partial charge on any atom is 0.347 e. The van der Waals surface area contributed by atoms with E-state index >= 15 is 0 Å². The molecule has 24 heavy (non-hydrogen) atoms. The number of rotatable bonds is 4. The van der Waals surface area contributed by atoms with Gasteiger partial charge >= 0.3 is 5.69 Å². The van der Waals surface area contributed by atoms with E-state index in [0.717, 1.165) is 31.4 Å². The fourth-order valence-electron chi connectivity index (χ4n) is 3.37. The normalized spacial score (nSPS) is 22.6. The molecule has 1 aromatic heterocycles. The Morgan fingerprint density at radius 1 is 1.12 bits per heavy atom. The molecular formula is C16H20N4O3S. The van der Waals surface area contributed by atoms with E-state index in [9.17, 15) is 13.2 Å². The van der Waals surface area contributed by atoms with Crippen molar-refractivity contribution in [3.05, 3.63) is 46.6 Å². The molecule has 8 heteroatoms. The van der Waals surface area contributed by atoms with Gasteiger partial charge in [-0.05, 0) is 37.8 Å². The number of hydrogen-bond acceptors (Lipinski definition) is 4. The van der Waals surface area contributed by atoms with E-state index in [1.807, 2.05) is 30.3 Å². The predicted octanol–water partition coefficient (Wildman–Crippen LogP) is 1.23. The molecule has 0 radical (unpaired) electrons. The molecule has 1 unspecified atom stereocenters. The van der Waals surface area contributed by atoms with Crippen molar-refractivity contribution in [1.29, 1.82) is 0 Å². The van der Waals surface area contributed by atoms with Gasteiger partial charge in [-0.2, -0.15) is 5.10 Å². The van der Waals surface area contributed by atoms with Gasteiger partial charge in [0.15, 0.2) is 0 Å². The average molecular weight is 348 g/mol. The molecule has 0 spiro atoms. The van der Waals surface area contributed by atoms with Crippen LogP contribution in [0.25, 0.3) is 5.69 Å². The number of nitrogens with zero attached hydrogens (tertiary/aromatic N) is 3. The minimum absolute atomic E-state index is 0.0774. The standard InChI is InChI=1S/C16H20N4O3S/c21-16-18-17-15(20(16)13-6-2-1-3-7-13)12-5-4-10-19(11-12)24(22,23)14-8-9-14/h1-3,6-7,12,14H,4-5,8-11H2,(H,18,21). The molecule has 4 rings (SSSR count). The number of sulfonamides is 1. The fourth-order valence-corrected chi connectivity index (χ4v) is 5.30. The van der Waals surface area contributed by atoms with Crippen LogP contribution in [0.1, 0.15) is 37.4 Å². The van der Waals surface area contributed by atoms with Crippen LogP contribution in [0.5, 0.6) is 0 Å². The highest BCUT2D eigenvalue weighted by molar-refractivity contribution is 7.90. The van der Waals surface area contributed by atoms with E-state index in [2.05, 4.69) is 10.2 Å². The van der Waals surface area contributed by atoms with Crippen LogP contribution < -0.4 is 5.69 Å². The van der Waals surface area contributed by atoms with Gasteiger partial charge in [0, 0.05) is 19.0 Å². The summed E-state index contributed by atoms with van der Waals surface area (Å²) in [6.07, 6.45) is 3.14. The average Bonchev–Trinajstić information content (AvgIpc) is 3.39. The molecule has 2 fully saturated rings. The summed E-state index contributed by atoms with van der Waals surface area (Å²) >= 11 is 0. The summed E-state index contributed by atoms with van der Waals surface area (Å²) in [5.74, 6) is 0.535. The van der Waals surface area contributed by atoms with Gasteiger partial charge in [0.25, 0.3) is 0 Å². The molecule has 2 aliphatic rings. The molecule has 128 valence electrons. The van der Waals surface area contributed by atoms with Crippen LogP contribution in [-0.4, -0.2) is 45.8 Å². The minimum atomic E-state index is -3.19. The van der Waals surface area contributed by atoms with E-state index < -0.39 is 10.0 Å². The number of piperidine rings is 1. The van der Waals surface area contributed by atoms with Gasteiger partial charge in [-0.25, -0.2) is 27.2 Å². The molecule has 1 aromatic carbocycles. The molecule has 1 aliphatic carbocycles. The van der Waals surface area contributed by atoms with E-state index in [1.54, 1.807) is 8.87 Å². The Morgan fingerprint density at radius 3 is 2.58 bits per heavy atom. The molecule has 1 saturated heterocycles. The number of nitrogens with one attached hydrogen (secondary N) is 1. The number of aromatic amines is 1. The molecule has 1 N–H and O–H groups in total. The predicted molar refractivity (Wildman–Crippen MR) is 89.7 cm³/mol. The minimum Gasteiger partial charge on any atom is -0.247 e. The maximum absolute atomic E-state index is 12.5. The molecule has 1 atom stereocenters. The molecule has 2 aromatic rings. The van der Waals surface area contributed by atoms with Crippen molar-refractivity contribution in [1.82, 2.24) is 19.1 Å². The Labute approximate surface area is 140 Å². The van der Waals surface area contributed by atoms with Gasteiger partial charge in [0.05, 0.1) is 10.9 Å². The molecule has 7 nitrogen and oxygen atoms in total. The van der Waals surface area contributed by atoms with E-state index in [0.29, 0.717) is 18.9 Å². The first kappa shape index (κ1) is 15.6. The summed E-state index contributed by atoms with van der Waals surface area (Å²) in [5, 5.41) is 6.51. The van der Waals surface area contributed by atoms with Crippen molar-refractivity contribution >= 4 is 10.0 Å². The van der Waals surface area contributed by atoms with Crippen LogP contribution in [0.2, 0.25) is 0 Å². The van der Waals surface area contributed by atoms with Crippen molar-refractivity contribution < 1.29 is 8.42 Å². The lowest BCUT2D eigenvalue weighted by molar-refractivity contribution is 0.307. The Morgan fingerprint density at radius 2 is 1.88 bits per heavy atom. The molecular weight excluding hydrogens is 328 g/mol. The Hall–Kier alpha value is -1.93. The lowest BCUT2D eigenvalue weighted by atomic mass is 9.98. The second-order valence-electron chi connectivity index (χ2n) is 6.50. The Balaban J connectivity index is 1.66. The quantitative estimate of drug-likeness (QED) is 0.900. The third-order valence-corrected chi connectivity index (χ3v) is 7.13. The lowest BCUT2D eigenvalue weighted by Gasteiger charge is -2.31. The molecule has 1 saturated carbocycles. The third-order valence-electron chi connectivity index (χ3n) is 4.77. The highest BCUT2D eigenvalue weighted by Crippen LogP contribution is 2.35. The number of H-pyrrole nitrogens is 1. The van der Waals surface area contributed by atoms with Gasteiger partial charge in [0.1, 0.15) is 5.82 Å². The number of para-hydroxylation sites is 1. The summed E-state index contributed by atoms with van der Waals surface area (Å²) in [7, 11) is -3.19. The second kappa shape index (κ2) is 5.86. The van der Waals surface area contributed by atoms with Crippen LogP contribution in [0.3, 0.4) is 0 Å². The summed E-state index contributed by atoms with van der Waals surface area (Å²) in [6, 6.07) is 9.31. The monoisotopic (exact) mass is 348 g/mol. The lowest BCUT2D eigenvalue weighted by Crippen LogP contribution is -2.41. The number of hydrogen-bond donors (Lipinski definition) is 1. The third kappa shape index (κ3) is 2.69. The maximum atomic E-state index is 12.5. The van der Waals surface area contributed by atoms with Gasteiger partial charge in [-0.3, -0.25) is 0 Å². The SMILES string of the molecule is O=c1[nH]nc(C2CCCN(S(=O)(=O)C3CC3)C2)n1-c1ccccc1. The number of benzene rings is 1. The first-order valence-corrected chi connectivity index (χ1v) is 9.79. The molecule has 0 amide bonds. The Kier molecular flexibility index (Phi) is 3.80.